The summed E-state index contributed by atoms with van der Waals surface area (Å²) >= 11 is 0. The number of aryl methyl sites for hydroxylation is 2. The zero-order valence-corrected chi connectivity index (χ0v) is 10.9. The van der Waals surface area contributed by atoms with Gasteiger partial charge in [-0.2, -0.15) is 8.42 Å². The van der Waals surface area contributed by atoms with E-state index in [0.29, 0.717) is 0 Å². The predicted molar refractivity (Wildman–Crippen MR) is 62.3 cm³/mol. The van der Waals surface area contributed by atoms with Crippen LogP contribution in [0, 0.1) is 13.8 Å². The molecule has 1 aliphatic rings. The van der Waals surface area contributed by atoms with Gasteiger partial charge in [0, 0.05) is 0 Å². The zero-order valence-electron chi connectivity index (χ0n) is 10.1. The molecule has 2 amide bonds. The van der Waals surface area contributed by atoms with E-state index in [4.69, 9.17) is 0 Å². The van der Waals surface area contributed by atoms with Crippen LogP contribution in [-0.4, -0.2) is 31.6 Å². The number of imide groups is 1. The van der Waals surface area contributed by atoms with E-state index >= 15 is 0 Å². The molecule has 18 heavy (non-hydrogen) atoms. The molecule has 0 N–H and O–H groups in total. The normalized spacial score (nSPS) is 15.2. The summed E-state index contributed by atoms with van der Waals surface area (Å²) in [5, 5.41) is 0.277. The molecule has 0 fully saturated rings. The number of hydrogen-bond donors (Lipinski definition) is 0. The Morgan fingerprint density at radius 2 is 1.39 bits per heavy atom. The van der Waals surface area contributed by atoms with Crippen molar-refractivity contribution in [2.24, 2.45) is 0 Å². The Bertz CT molecular complexity index is 621. The van der Waals surface area contributed by atoms with Gasteiger partial charge >= 0.3 is 0 Å². The van der Waals surface area contributed by atoms with Crippen LogP contribution in [0.3, 0.4) is 0 Å². The van der Waals surface area contributed by atoms with Crippen LogP contribution in [0.15, 0.2) is 12.1 Å². The van der Waals surface area contributed by atoms with Crippen molar-refractivity contribution in [3.8, 4) is 0 Å². The summed E-state index contributed by atoms with van der Waals surface area (Å²) < 4.78 is 26.4. The lowest BCUT2D eigenvalue weighted by Crippen LogP contribution is -2.32. The number of carbonyl (C=O) groups excluding carboxylic acids is 2. The standard InChI is InChI=1S/C11H11NO5S/c1-6-4-8-9(5-7(6)2)11(14)12(10(8)13)17-18(3,15)16/h4-5H,1-3H3. The van der Waals surface area contributed by atoms with Gasteiger partial charge in [-0.1, -0.05) is 0 Å². The highest BCUT2D eigenvalue weighted by atomic mass is 32.2. The third-order valence-corrected chi connectivity index (χ3v) is 3.09. The number of hydroxylamine groups is 2. The Morgan fingerprint density at radius 3 is 1.72 bits per heavy atom. The van der Waals surface area contributed by atoms with E-state index in [2.05, 4.69) is 4.28 Å². The number of carbonyl (C=O) groups is 2. The highest BCUT2D eigenvalue weighted by molar-refractivity contribution is 7.85. The van der Waals surface area contributed by atoms with E-state index in [9.17, 15) is 18.0 Å². The maximum Gasteiger partial charge on any atom is 0.287 e. The first-order chi connectivity index (χ1) is 8.20. The van der Waals surface area contributed by atoms with Crippen molar-refractivity contribution < 1.29 is 22.3 Å². The summed E-state index contributed by atoms with van der Waals surface area (Å²) in [6, 6.07) is 3.10. The Kier molecular flexibility index (Phi) is 2.75. The Morgan fingerprint density at radius 1 is 1.00 bits per heavy atom. The summed E-state index contributed by atoms with van der Waals surface area (Å²) in [5.74, 6) is -1.52. The molecule has 0 spiro atoms. The molecule has 0 atom stereocenters. The van der Waals surface area contributed by atoms with Gasteiger partial charge in [0.15, 0.2) is 0 Å². The lowest BCUT2D eigenvalue weighted by molar-refractivity contribution is -0.00980. The van der Waals surface area contributed by atoms with Gasteiger partial charge in [-0.3, -0.25) is 9.59 Å². The molecule has 0 saturated heterocycles. The van der Waals surface area contributed by atoms with Gasteiger partial charge in [0.25, 0.3) is 21.9 Å². The second kappa shape index (κ2) is 3.89. The van der Waals surface area contributed by atoms with Gasteiger partial charge < -0.3 is 0 Å². The van der Waals surface area contributed by atoms with Crippen molar-refractivity contribution in [3.63, 3.8) is 0 Å². The van der Waals surface area contributed by atoms with Gasteiger partial charge in [0.1, 0.15) is 0 Å². The Balaban J connectivity index is 2.51. The number of nitrogens with zero attached hydrogens (tertiary/aromatic N) is 1. The summed E-state index contributed by atoms with van der Waals surface area (Å²) in [5.41, 5.74) is 2.01. The maximum absolute atomic E-state index is 11.9. The predicted octanol–water partition coefficient (Wildman–Crippen LogP) is 0.791. The smallest absolute Gasteiger partial charge is 0.266 e. The molecule has 0 bridgehead atoms. The van der Waals surface area contributed by atoms with Crippen LogP contribution in [0.1, 0.15) is 31.8 Å². The molecule has 0 unspecified atom stereocenters. The average Bonchev–Trinajstić information content (AvgIpc) is 2.44. The number of benzene rings is 1. The zero-order chi connectivity index (χ0) is 13.7. The van der Waals surface area contributed by atoms with Gasteiger partial charge in [-0.15, -0.1) is 9.35 Å². The van der Waals surface area contributed by atoms with Crippen LogP contribution < -0.4 is 0 Å². The van der Waals surface area contributed by atoms with Crippen LogP contribution in [0.25, 0.3) is 0 Å². The van der Waals surface area contributed by atoms with Crippen molar-refractivity contribution >= 4 is 21.9 Å². The minimum absolute atomic E-state index is 0.159. The Hall–Kier alpha value is -1.73. The van der Waals surface area contributed by atoms with Gasteiger partial charge in [-0.05, 0) is 37.1 Å². The van der Waals surface area contributed by atoms with Crippen molar-refractivity contribution in [1.29, 1.82) is 0 Å². The van der Waals surface area contributed by atoms with Gasteiger partial charge in [-0.25, -0.2) is 0 Å². The molecule has 7 heteroatoms. The molecule has 1 aromatic rings. The molecular formula is C11H11NO5S. The molecule has 1 heterocycles. The average molecular weight is 269 g/mol. The van der Waals surface area contributed by atoms with Crippen molar-refractivity contribution in [2.45, 2.75) is 13.8 Å². The van der Waals surface area contributed by atoms with Gasteiger partial charge in [0.05, 0.1) is 17.4 Å². The topological polar surface area (TPSA) is 80.8 Å². The summed E-state index contributed by atoms with van der Waals surface area (Å²) in [6.45, 7) is 3.60. The first-order valence-corrected chi connectivity index (χ1v) is 6.92. The second-order valence-corrected chi connectivity index (χ2v) is 5.72. The van der Waals surface area contributed by atoms with E-state index in [1.807, 2.05) is 0 Å². The fourth-order valence-electron chi connectivity index (χ4n) is 1.68. The minimum atomic E-state index is -3.93. The minimum Gasteiger partial charge on any atom is -0.266 e. The quantitative estimate of drug-likeness (QED) is 0.741. The largest absolute Gasteiger partial charge is 0.287 e. The lowest BCUT2D eigenvalue weighted by atomic mass is 10.0. The van der Waals surface area contributed by atoms with Gasteiger partial charge in [0.2, 0.25) is 0 Å². The Labute approximate surface area is 104 Å². The first kappa shape index (κ1) is 12.7. The van der Waals surface area contributed by atoms with Crippen molar-refractivity contribution in [3.05, 3.63) is 34.4 Å². The first-order valence-electron chi connectivity index (χ1n) is 5.10. The molecule has 2 rings (SSSR count). The molecule has 1 aromatic carbocycles. The molecule has 1 aliphatic heterocycles. The highest BCUT2D eigenvalue weighted by Gasteiger charge is 2.39. The molecule has 0 aliphatic carbocycles. The van der Waals surface area contributed by atoms with E-state index in [-0.39, 0.29) is 16.2 Å². The van der Waals surface area contributed by atoms with Crippen molar-refractivity contribution in [1.82, 2.24) is 5.06 Å². The lowest BCUT2D eigenvalue weighted by Gasteiger charge is -2.09. The number of hydrogen-bond acceptors (Lipinski definition) is 5. The number of fused-ring (bicyclic) bond motifs is 1. The highest BCUT2D eigenvalue weighted by Crippen LogP contribution is 2.26. The molecule has 0 aromatic heterocycles. The van der Waals surface area contributed by atoms with Crippen LogP contribution in [0.2, 0.25) is 0 Å². The molecule has 0 saturated carbocycles. The van der Waals surface area contributed by atoms with Crippen molar-refractivity contribution in [2.75, 3.05) is 6.26 Å². The monoisotopic (exact) mass is 269 g/mol. The van der Waals surface area contributed by atoms with Crippen LogP contribution in [0.5, 0.6) is 0 Å². The van der Waals surface area contributed by atoms with Crippen LogP contribution in [-0.2, 0) is 14.4 Å². The van der Waals surface area contributed by atoms with E-state index < -0.39 is 21.9 Å². The number of rotatable bonds is 2. The molecule has 0 radical (unpaired) electrons. The fraction of sp³-hybridized carbons (Fsp3) is 0.273. The SMILES string of the molecule is Cc1cc2c(cc1C)C(=O)N(OS(C)(=O)=O)C2=O. The molecular weight excluding hydrogens is 258 g/mol. The molecule has 6 nitrogen and oxygen atoms in total. The third-order valence-electron chi connectivity index (χ3n) is 2.67. The maximum atomic E-state index is 11.9. The van der Waals surface area contributed by atoms with Crippen LogP contribution >= 0.6 is 0 Å². The summed E-state index contributed by atoms with van der Waals surface area (Å²) in [6.07, 6.45) is 0.771. The van der Waals surface area contributed by atoms with Crippen LogP contribution in [0.4, 0.5) is 0 Å². The fourth-order valence-corrected chi connectivity index (χ4v) is 2.09. The van der Waals surface area contributed by atoms with E-state index in [1.54, 1.807) is 26.0 Å². The third kappa shape index (κ3) is 2.02. The van der Waals surface area contributed by atoms with E-state index in [1.165, 1.54) is 0 Å². The van der Waals surface area contributed by atoms with E-state index in [0.717, 1.165) is 17.4 Å². The second-order valence-electron chi connectivity index (χ2n) is 4.17. The molecule has 96 valence electrons. The summed E-state index contributed by atoms with van der Waals surface area (Å²) in [4.78, 5) is 23.7. The number of amides is 2. The summed E-state index contributed by atoms with van der Waals surface area (Å²) in [7, 11) is -3.93.